The number of rotatable bonds is 2. The lowest BCUT2D eigenvalue weighted by atomic mass is 10.0. The Hall–Kier alpha value is -1.53. The van der Waals surface area contributed by atoms with E-state index in [1.807, 2.05) is 0 Å². The molecule has 0 saturated carbocycles. The Labute approximate surface area is 125 Å². The fourth-order valence-corrected chi connectivity index (χ4v) is 2.30. The second kappa shape index (κ2) is 6.08. The summed E-state index contributed by atoms with van der Waals surface area (Å²) in [5.41, 5.74) is 1.54. The molecule has 1 aromatic heterocycles. The molecule has 2 rings (SSSR count). The molecule has 0 fully saturated rings. The second-order valence-electron chi connectivity index (χ2n) is 3.66. The zero-order valence-electron chi connectivity index (χ0n) is 9.57. The molecule has 0 aliphatic heterocycles. The number of hydrogen-bond acceptors (Lipinski definition) is 2. The predicted octanol–water partition coefficient (Wildman–Crippen LogP) is 5.02. The van der Waals surface area contributed by atoms with Gasteiger partial charge in [-0.2, -0.15) is 5.26 Å². The number of benzene rings is 1. The highest BCUT2D eigenvalue weighted by molar-refractivity contribution is 6.55. The SMILES string of the molecule is N#C/C(=C(/Cl)c1cc(Cl)ccc1Cl)c1ccncc1. The minimum absolute atomic E-state index is 0.265. The van der Waals surface area contributed by atoms with E-state index in [0.717, 1.165) is 0 Å². The van der Waals surface area contributed by atoms with Gasteiger partial charge in [0.1, 0.15) is 6.07 Å². The molecule has 0 spiro atoms. The van der Waals surface area contributed by atoms with Crippen molar-refractivity contribution in [3.05, 3.63) is 63.9 Å². The van der Waals surface area contributed by atoms with Crippen molar-refractivity contribution in [2.75, 3.05) is 0 Å². The van der Waals surface area contributed by atoms with E-state index in [4.69, 9.17) is 34.8 Å². The minimum Gasteiger partial charge on any atom is -0.265 e. The predicted molar refractivity (Wildman–Crippen MR) is 79.0 cm³/mol. The van der Waals surface area contributed by atoms with E-state index in [9.17, 15) is 5.26 Å². The Morgan fingerprint density at radius 3 is 2.42 bits per heavy atom. The Bertz CT molecular complexity index is 673. The quantitative estimate of drug-likeness (QED) is 0.730. The lowest BCUT2D eigenvalue weighted by molar-refractivity contribution is 1.32. The third kappa shape index (κ3) is 3.08. The summed E-state index contributed by atoms with van der Waals surface area (Å²) < 4.78 is 0. The van der Waals surface area contributed by atoms with Crippen molar-refractivity contribution in [2.45, 2.75) is 0 Å². The first-order chi connectivity index (χ1) is 9.13. The van der Waals surface area contributed by atoms with Crippen LogP contribution < -0.4 is 0 Å². The average molecular weight is 310 g/mol. The molecule has 19 heavy (non-hydrogen) atoms. The molecule has 0 aliphatic carbocycles. The molecule has 0 atom stereocenters. The fraction of sp³-hybridized carbons (Fsp3) is 0. The summed E-state index contributed by atoms with van der Waals surface area (Å²) in [6.45, 7) is 0. The van der Waals surface area contributed by atoms with Crippen molar-refractivity contribution < 1.29 is 0 Å². The number of pyridine rings is 1. The second-order valence-corrected chi connectivity index (χ2v) is 4.88. The molecule has 1 aromatic carbocycles. The van der Waals surface area contributed by atoms with E-state index in [2.05, 4.69) is 11.1 Å². The number of aromatic nitrogens is 1. The molecule has 0 N–H and O–H groups in total. The third-order valence-electron chi connectivity index (χ3n) is 2.47. The standard InChI is InChI=1S/C14H7Cl3N2/c15-10-1-2-13(16)11(7-10)14(17)12(8-18)9-3-5-19-6-4-9/h1-7H/b14-12-. The van der Waals surface area contributed by atoms with Crippen LogP contribution >= 0.6 is 34.8 Å². The van der Waals surface area contributed by atoms with Crippen LogP contribution in [0.25, 0.3) is 10.6 Å². The molecule has 0 unspecified atom stereocenters. The highest BCUT2D eigenvalue weighted by atomic mass is 35.5. The van der Waals surface area contributed by atoms with Gasteiger partial charge in [-0.25, -0.2) is 0 Å². The maximum atomic E-state index is 9.28. The zero-order valence-corrected chi connectivity index (χ0v) is 11.8. The molecule has 2 nitrogen and oxygen atoms in total. The lowest BCUT2D eigenvalue weighted by Gasteiger charge is -2.07. The van der Waals surface area contributed by atoms with Gasteiger partial charge in [0.2, 0.25) is 0 Å². The van der Waals surface area contributed by atoms with Gasteiger partial charge in [0.15, 0.2) is 0 Å². The minimum atomic E-state index is 0.265. The Kier molecular flexibility index (Phi) is 4.44. The van der Waals surface area contributed by atoms with Gasteiger partial charge in [-0.05, 0) is 35.9 Å². The first-order valence-corrected chi connectivity index (χ1v) is 6.42. The molecule has 1 heterocycles. The maximum Gasteiger partial charge on any atom is 0.101 e. The lowest BCUT2D eigenvalue weighted by Crippen LogP contribution is -1.88. The molecule has 94 valence electrons. The van der Waals surface area contributed by atoms with Crippen LogP contribution in [0.2, 0.25) is 10.0 Å². The highest BCUT2D eigenvalue weighted by Crippen LogP contribution is 2.34. The van der Waals surface area contributed by atoms with Gasteiger partial charge in [0.05, 0.1) is 10.6 Å². The van der Waals surface area contributed by atoms with Crippen LogP contribution in [0.5, 0.6) is 0 Å². The van der Waals surface area contributed by atoms with Crippen LogP contribution in [0.4, 0.5) is 0 Å². The molecule has 5 heteroatoms. The van der Waals surface area contributed by atoms with Crippen LogP contribution in [-0.4, -0.2) is 4.98 Å². The number of nitrogens with zero attached hydrogens (tertiary/aromatic N) is 2. The van der Waals surface area contributed by atoms with E-state index < -0.39 is 0 Å². The van der Waals surface area contributed by atoms with Crippen LogP contribution in [0.15, 0.2) is 42.7 Å². The Balaban J connectivity index is 2.62. The van der Waals surface area contributed by atoms with Gasteiger partial charge in [-0.3, -0.25) is 4.98 Å². The van der Waals surface area contributed by atoms with Crippen LogP contribution in [0, 0.1) is 11.3 Å². The van der Waals surface area contributed by atoms with Gasteiger partial charge in [-0.15, -0.1) is 0 Å². The number of hydrogen-bond donors (Lipinski definition) is 0. The fourth-order valence-electron chi connectivity index (χ4n) is 1.56. The largest absolute Gasteiger partial charge is 0.265 e. The third-order valence-corrected chi connectivity index (χ3v) is 3.42. The van der Waals surface area contributed by atoms with Gasteiger partial charge >= 0.3 is 0 Å². The summed E-state index contributed by atoms with van der Waals surface area (Å²) in [6, 6.07) is 10.4. The van der Waals surface area contributed by atoms with Crippen molar-refractivity contribution in [3.63, 3.8) is 0 Å². The van der Waals surface area contributed by atoms with E-state index in [-0.39, 0.29) is 5.03 Å². The van der Waals surface area contributed by atoms with Gasteiger partial charge in [-0.1, -0.05) is 34.8 Å². The van der Waals surface area contributed by atoms with Gasteiger partial charge in [0, 0.05) is 28.0 Å². The molecule has 0 radical (unpaired) electrons. The number of nitriles is 1. The smallest absolute Gasteiger partial charge is 0.101 e. The molecular weight excluding hydrogens is 303 g/mol. The summed E-state index contributed by atoms with van der Waals surface area (Å²) in [4.78, 5) is 3.90. The van der Waals surface area contributed by atoms with Crippen LogP contribution in [0.1, 0.15) is 11.1 Å². The summed E-state index contributed by atoms with van der Waals surface area (Å²) in [6.07, 6.45) is 3.19. The zero-order chi connectivity index (χ0) is 13.8. The van der Waals surface area contributed by atoms with E-state index in [1.165, 1.54) is 0 Å². The van der Waals surface area contributed by atoms with Gasteiger partial charge in [0.25, 0.3) is 0 Å². The maximum absolute atomic E-state index is 9.28. The number of halogens is 3. The van der Waals surface area contributed by atoms with E-state index >= 15 is 0 Å². The molecular formula is C14H7Cl3N2. The molecule has 0 saturated heterocycles. The van der Waals surface area contributed by atoms with E-state index in [0.29, 0.717) is 26.7 Å². The number of allylic oxidation sites excluding steroid dienone is 1. The topological polar surface area (TPSA) is 36.7 Å². The summed E-state index contributed by atoms with van der Waals surface area (Å²) in [7, 11) is 0. The molecule has 0 bridgehead atoms. The Morgan fingerprint density at radius 2 is 1.79 bits per heavy atom. The first kappa shape index (κ1) is 13.9. The molecule has 2 aromatic rings. The van der Waals surface area contributed by atoms with Crippen molar-refractivity contribution in [2.24, 2.45) is 0 Å². The van der Waals surface area contributed by atoms with Crippen molar-refractivity contribution in [1.82, 2.24) is 4.98 Å². The average Bonchev–Trinajstić information content (AvgIpc) is 2.43. The summed E-state index contributed by atoms with van der Waals surface area (Å²) in [5.74, 6) is 0. The highest BCUT2D eigenvalue weighted by Gasteiger charge is 2.12. The van der Waals surface area contributed by atoms with Crippen LogP contribution in [0.3, 0.4) is 0 Å². The summed E-state index contributed by atoms with van der Waals surface area (Å²) in [5, 5.41) is 10.5. The van der Waals surface area contributed by atoms with E-state index in [1.54, 1.807) is 42.7 Å². The van der Waals surface area contributed by atoms with Crippen LogP contribution in [-0.2, 0) is 0 Å². The van der Waals surface area contributed by atoms with Crippen molar-refractivity contribution in [3.8, 4) is 6.07 Å². The first-order valence-electron chi connectivity index (χ1n) is 5.29. The normalized spacial score (nSPS) is 11.7. The summed E-state index contributed by atoms with van der Waals surface area (Å²) >= 11 is 18.3. The molecule has 0 amide bonds. The monoisotopic (exact) mass is 308 g/mol. The molecule has 0 aliphatic rings. The van der Waals surface area contributed by atoms with Gasteiger partial charge < -0.3 is 0 Å². The Morgan fingerprint density at radius 1 is 1.11 bits per heavy atom. The van der Waals surface area contributed by atoms with Crippen molar-refractivity contribution in [1.29, 1.82) is 5.26 Å². The van der Waals surface area contributed by atoms with Crippen molar-refractivity contribution >= 4 is 45.4 Å².